The average molecular weight is 257 g/mol. The maximum absolute atomic E-state index is 6.52. The fraction of sp³-hybridized carbons (Fsp3) is 0.562. The minimum absolute atomic E-state index is 0.0466. The number of benzene rings is 1. The van der Waals surface area contributed by atoms with E-state index in [1.165, 1.54) is 30.4 Å². The van der Waals surface area contributed by atoms with Gasteiger partial charge in [0.1, 0.15) is 5.82 Å². The number of hydrogen-bond acceptors (Lipinski definition) is 2. The molecule has 1 saturated carbocycles. The molecule has 0 unspecified atom stereocenters. The van der Waals surface area contributed by atoms with E-state index in [0.29, 0.717) is 0 Å². The van der Waals surface area contributed by atoms with E-state index in [4.69, 9.17) is 10.7 Å². The van der Waals surface area contributed by atoms with Gasteiger partial charge >= 0.3 is 0 Å². The van der Waals surface area contributed by atoms with Crippen molar-refractivity contribution in [3.63, 3.8) is 0 Å². The summed E-state index contributed by atoms with van der Waals surface area (Å²) in [6.07, 6.45) is 6.98. The van der Waals surface area contributed by atoms with Crippen LogP contribution >= 0.6 is 0 Å². The SMILES string of the molecule is Cc1cc(C)c2nc(CC3(N)CCCCC3)[nH]c2c1. The summed E-state index contributed by atoms with van der Waals surface area (Å²) in [5.74, 6) is 1.05. The van der Waals surface area contributed by atoms with Gasteiger partial charge in [0.25, 0.3) is 0 Å². The first-order chi connectivity index (χ1) is 9.06. The summed E-state index contributed by atoms with van der Waals surface area (Å²) in [5.41, 5.74) is 11.2. The minimum Gasteiger partial charge on any atom is -0.342 e. The van der Waals surface area contributed by atoms with E-state index in [-0.39, 0.29) is 5.54 Å². The number of nitrogens with two attached hydrogens (primary N) is 1. The summed E-state index contributed by atoms with van der Waals surface area (Å²) in [6.45, 7) is 4.25. The van der Waals surface area contributed by atoms with Crippen molar-refractivity contribution in [2.75, 3.05) is 0 Å². The van der Waals surface area contributed by atoms with Crippen LogP contribution in [0.1, 0.15) is 49.1 Å². The number of imidazole rings is 1. The van der Waals surface area contributed by atoms with E-state index in [0.717, 1.165) is 36.1 Å². The third-order valence-corrected chi connectivity index (χ3v) is 4.34. The molecule has 0 atom stereocenters. The molecule has 1 heterocycles. The molecule has 0 aliphatic heterocycles. The quantitative estimate of drug-likeness (QED) is 0.866. The molecular formula is C16H23N3. The number of rotatable bonds is 2. The van der Waals surface area contributed by atoms with Crippen molar-refractivity contribution in [2.45, 2.75) is 57.9 Å². The zero-order valence-electron chi connectivity index (χ0n) is 11.9. The smallest absolute Gasteiger partial charge is 0.109 e. The monoisotopic (exact) mass is 257 g/mol. The first-order valence-corrected chi connectivity index (χ1v) is 7.30. The van der Waals surface area contributed by atoms with Crippen LogP contribution in [-0.2, 0) is 6.42 Å². The van der Waals surface area contributed by atoms with Crippen molar-refractivity contribution in [3.8, 4) is 0 Å². The van der Waals surface area contributed by atoms with Gasteiger partial charge in [0.2, 0.25) is 0 Å². The maximum atomic E-state index is 6.52. The van der Waals surface area contributed by atoms with Crippen LogP contribution in [0.5, 0.6) is 0 Å². The fourth-order valence-electron chi connectivity index (χ4n) is 3.37. The molecule has 1 aliphatic rings. The molecule has 0 radical (unpaired) electrons. The van der Waals surface area contributed by atoms with Crippen molar-refractivity contribution in [3.05, 3.63) is 29.1 Å². The third kappa shape index (κ3) is 2.52. The van der Waals surface area contributed by atoms with E-state index in [1.807, 2.05) is 0 Å². The first kappa shape index (κ1) is 12.7. The molecule has 102 valence electrons. The van der Waals surface area contributed by atoms with Crippen molar-refractivity contribution in [1.82, 2.24) is 9.97 Å². The highest BCUT2D eigenvalue weighted by Crippen LogP contribution is 2.29. The zero-order valence-corrected chi connectivity index (χ0v) is 11.9. The van der Waals surface area contributed by atoms with Crippen LogP contribution in [0.4, 0.5) is 0 Å². The normalized spacial score (nSPS) is 18.9. The number of nitrogens with one attached hydrogen (secondary N) is 1. The highest BCUT2D eigenvalue weighted by molar-refractivity contribution is 5.79. The molecule has 3 rings (SSSR count). The second kappa shape index (κ2) is 4.64. The third-order valence-electron chi connectivity index (χ3n) is 4.34. The molecule has 19 heavy (non-hydrogen) atoms. The van der Waals surface area contributed by atoms with Crippen LogP contribution in [0.25, 0.3) is 11.0 Å². The Morgan fingerprint density at radius 1 is 1.21 bits per heavy atom. The van der Waals surface area contributed by atoms with Gasteiger partial charge in [0.05, 0.1) is 11.0 Å². The molecule has 3 N–H and O–H groups in total. The number of aromatic amines is 1. The van der Waals surface area contributed by atoms with Crippen LogP contribution in [0, 0.1) is 13.8 Å². The zero-order chi connectivity index (χ0) is 13.5. The summed E-state index contributed by atoms with van der Waals surface area (Å²) in [4.78, 5) is 8.22. The van der Waals surface area contributed by atoms with Crippen LogP contribution in [0.2, 0.25) is 0 Å². The molecule has 0 spiro atoms. The predicted octanol–water partition coefficient (Wildman–Crippen LogP) is 3.38. The van der Waals surface area contributed by atoms with Gasteiger partial charge in [-0.2, -0.15) is 0 Å². The fourth-order valence-corrected chi connectivity index (χ4v) is 3.37. The van der Waals surface area contributed by atoms with E-state index in [1.54, 1.807) is 0 Å². The maximum Gasteiger partial charge on any atom is 0.109 e. The largest absolute Gasteiger partial charge is 0.342 e. The Labute approximate surface area is 114 Å². The second-order valence-corrected chi connectivity index (χ2v) is 6.26. The molecule has 1 aromatic heterocycles. The van der Waals surface area contributed by atoms with Crippen molar-refractivity contribution in [1.29, 1.82) is 0 Å². The molecule has 1 aromatic carbocycles. The lowest BCUT2D eigenvalue weighted by Gasteiger charge is -2.32. The van der Waals surface area contributed by atoms with E-state index in [9.17, 15) is 0 Å². The Morgan fingerprint density at radius 2 is 1.95 bits per heavy atom. The van der Waals surface area contributed by atoms with Gasteiger partial charge in [-0.1, -0.05) is 25.3 Å². The highest BCUT2D eigenvalue weighted by Gasteiger charge is 2.28. The lowest BCUT2D eigenvalue weighted by atomic mass is 9.80. The Kier molecular flexibility index (Phi) is 3.09. The summed E-state index contributed by atoms with van der Waals surface area (Å²) in [6, 6.07) is 4.36. The molecule has 0 saturated heterocycles. The predicted molar refractivity (Wildman–Crippen MR) is 79.3 cm³/mol. The van der Waals surface area contributed by atoms with Gasteiger partial charge in [0.15, 0.2) is 0 Å². The molecule has 0 bridgehead atoms. The Balaban J connectivity index is 1.91. The molecule has 1 fully saturated rings. The number of aromatic nitrogens is 2. The van der Waals surface area contributed by atoms with Crippen LogP contribution in [0.15, 0.2) is 12.1 Å². The minimum atomic E-state index is -0.0466. The van der Waals surface area contributed by atoms with Gasteiger partial charge in [-0.15, -0.1) is 0 Å². The van der Waals surface area contributed by atoms with Crippen LogP contribution in [-0.4, -0.2) is 15.5 Å². The summed E-state index contributed by atoms with van der Waals surface area (Å²) < 4.78 is 0. The Morgan fingerprint density at radius 3 is 2.68 bits per heavy atom. The Hall–Kier alpha value is -1.35. The number of nitrogens with zero attached hydrogens (tertiary/aromatic N) is 1. The molecule has 0 amide bonds. The topological polar surface area (TPSA) is 54.7 Å². The molecule has 3 nitrogen and oxygen atoms in total. The highest BCUT2D eigenvalue weighted by atomic mass is 14.9. The lowest BCUT2D eigenvalue weighted by molar-refractivity contribution is 0.290. The molecule has 3 heteroatoms. The lowest BCUT2D eigenvalue weighted by Crippen LogP contribution is -2.44. The first-order valence-electron chi connectivity index (χ1n) is 7.30. The summed E-state index contributed by atoms with van der Waals surface area (Å²) in [5, 5.41) is 0. The van der Waals surface area contributed by atoms with Gasteiger partial charge < -0.3 is 10.7 Å². The van der Waals surface area contributed by atoms with Gasteiger partial charge in [-0.3, -0.25) is 0 Å². The number of aryl methyl sites for hydroxylation is 2. The van der Waals surface area contributed by atoms with Crippen molar-refractivity contribution in [2.24, 2.45) is 5.73 Å². The van der Waals surface area contributed by atoms with E-state index >= 15 is 0 Å². The Bertz CT molecular complexity index is 591. The second-order valence-electron chi connectivity index (χ2n) is 6.26. The van der Waals surface area contributed by atoms with Gasteiger partial charge in [-0.05, 0) is 43.9 Å². The number of fused-ring (bicyclic) bond motifs is 1. The van der Waals surface area contributed by atoms with Gasteiger partial charge in [-0.25, -0.2) is 4.98 Å². The average Bonchev–Trinajstić information content (AvgIpc) is 2.71. The standard InChI is InChI=1S/C16H23N3/c1-11-8-12(2)15-13(9-11)18-14(19-15)10-16(17)6-4-3-5-7-16/h8-9H,3-7,10,17H2,1-2H3,(H,18,19). The van der Waals surface area contributed by atoms with Crippen LogP contribution < -0.4 is 5.73 Å². The van der Waals surface area contributed by atoms with E-state index < -0.39 is 0 Å². The summed E-state index contributed by atoms with van der Waals surface area (Å²) >= 11 is 0. The number of H-pyrrole nitrogens is 1. The summed E-state index contributed by atoms with van der Waals surface area (Å²) in [7, 11) is 0. The van der Waals surface area contributed by atoms with Gasteiger partial charge in [0, 0.05) is 12.0 Å². The van der Waals surface area contributed by atoms with E-state index in [2.05, 4.69) is 31.0 Å². The molecular weight excluding hydrogens is 234 g/mol. The number of hydrogen-bond donors (Lipinski definition) is 2. The molecule has 1 aliphatic carbocycles. The van der Waals surface area contributed by atoms with Crippen molar-refractivity contribution >= 4 is 11.0 Å². The molecule has 2 aromatic rings. The van der Waals surface area contributed by atoms with Crippen molar-refractivity contribution < 1.29 is 0 Å². The van der Waals surface area contributed by atoms with Crippen LogP contribution in [0.3, 0.4) is 0 Å².